The molecule has 0 atom stereocenters. The van der Waals surface area contributed by atoms with Gasteiger partial charge < -0.3 is 19.4 Å². The summed E-state index contributed by atoms with van der Waals surface area (Å²) in [4.78, 5) is 18.0. The summed E-state index contributed by atoms with van der Waals surface area (Å²) >= 11 is 0. The largest absolute Gasteiger partial charge is 0.484 e. The number of ether oxygens (including phenoxy) is 1. The number of piperazine rings is 1. The Balaban J connectivity index is 1.48. The van der Waals surface area contributed by atoms with Crippen molar-refractivity contribution in [3.8, 4) is 5.75 Å². The fraction of sp³-hybridized carbons (Fsp3) is 0.389. The van der Waals surface area contributed by atoms with E-state index in [4.69, 9.17) is 4.74 Å². The molecule has 1 aromatic carbocycles. The van der Waals surface area contributed by atoms with Crippen LogP contribution in [0.25, 0.3) is 0 Å². The summed E-state index contributed by atoms with van der Waals surface area (Å²) in [6.45, 7) is 2.53. The average molecular weight is 359 g/mol. The summed E-state index contributed by atoms with van der Waals surface area (Å²) in [5, 5.41) is 8.44. The number of amides is 1. The highest BCUT2D eigenvalue weighted by Crippen LogP contribution is 2.16. The van der Waals surface area contributed by atoms with Gasteiger partial charge in [-0.15, -0.1) is 10.2 Å². The third-order valence-corrected chi connectivity index (χ3v) is 4.23. The minimum Gasteiger partial charge on any atom is -0.484 e. The first-order chi connectivity index (χ1) is 12.5. The minimum absolute atomic E-state index is 0.0526. The molecule has 0 bridgehead atoms. The molecule has 2 heterocycles. The lowest BCUT2D eigenvalue weighted by atomic mass is 10.3. The number of benzene rings is 1. The van der Waals surface area contributed by atoms with Crippen LogP contribution >= 0.6 is 0 Å². The molecule has 26 heavy (non-hydrogen) atoms. The van der Waals surface area contributed by atoms with Crippen molar-refractivity contribution in [1.29, 1.82) is 0 Å². The van der Waals surface area contributed by atoms with Gasteiger partial charge in [0.05, 0.1) is 0 Å². The quantitative estimate of drug-likeness (QED) is 0.804. The summed E-state index contributed by atoms with van der Waals surface area (Å²) in [7, 11) is 3.84. The molecule has 8 heteroatoms. The van der Waals surface area contributed by atoms with Crippen molar-refractivity contribution in [3.63, 3.8) is 0 Å². The lowest BCUT2D eigenvalue weighted by Crippen LogP contribution is -2.50. The van der Waals surface area contributed by atoms with Gasteiger partial charge in [0, 0.05) is 40.3 Å². The highest BCUT2D eigenvalue weighted by Gasteiger charge is 2.22. The van der Waals surface area contributed by atoms with Gasteiger partial charge in [-0.3, -0.25) is 4.79 Å². The molecule has 0 N–H and O–H groups in total. The van der Waals surface area contributed by atoms with E-state index in [1.165, 1.54) is 24.3 Å². The fourth-order valence-corrected chi connectivity index (χ4v) is 2.68. The van der Waals surface area contributed by atoms with Gasteiger partial charge in [-0.05, 0) is 36.4 Å². The Bertz CT molecular complexity index is 728. The van der Waals surface area contributed by atoms with E-state index in [1.54, 1.807) is 4.90 Å². The maximum Gasteiger partial charge on any atom is 0.260 e. The van der Waals surface area contributed by atoms with Crippen molar-refractivity contribution in [2.24, 2.45) is 0 Å². The van der Waals surface area contributed by atoms with Crippen LogP contribution in [-0.2, 0) is 4.79 Å². The van der Waals surface area contributed by atoms with Crippen molar-refractivity contribution in [3.05, 3.63) is 42.2 Å². The van der Waals surface area contributed by atoms with Crippen molar-refractivity contribution < 1.29 is 13.9 Å². The van der Waals surface area contributed by atoms with Crippen molar-refractivity contribution in [2.75, 3.05) is 56.7 Å². The molecule has 0 aliphatic carbocycles. The monoisotopic (exact) mass is 359 g/mol. The first-order valence-corrected chi connectivity index (χ1v) is 8.45. The molecule has 1 aliphatic rings. The summed E-state index contributed by atoms with van der Waals surface area (Å²) in [5.74, 6) is 1.69. The van der Waals surface area contributed by atoms with E-state index in [0.717, 1.165) is 11.6 Å². The van der Waals surface area contributed by atoms with Gasteiger partial charge >= 0.3 is 0 Å². The molecule has 0 radical (unpaired) electrons. The Morgan fingerprint density at radius 1 is 1.08 bits per heavy atom. The van der Waals surface area contributed by atoms with Crippen LogP contribution in [-0.4, -0.2) is 67.9 Å². The van der Waals surface area contributed by atoms with E-state index in [0.29, 0.717) is 31.9 Å². The van der Waals surface area contributed by atoms with E-state index in [2.05, 4.69) is 15.1 Å². The SMILES string of the molecule is CN(C)c1ccc(N2CCN(C(=O)COc3ccc(F)cc3)CC2)nn1. The Morgan fingerprint density at radius 3 is 2.35 bits per heavy atom. The van der Waals surface area contributed by atoms with Crippen LogP contribution in [0.2, 0.25) is 0 Å². The van der Waals surface area contributed by atoms with Crippen molar-refractivity contribution >= 4 is 17.5 Å². The summed E-state index contributed by atoms with van der Waals surface area (Å²) in [6, 6.07) is 9.50. The van der Waals surface area contributed by atoms with Gasteiger partial charge in [0.2, 0.25) is 0 Å². The number of aromatic nitrogens is 2. The van der Waals surface area contributed by atoms with E-state index >= 15 is 0 Å². The van der Waals surface area contributed by atoms with Crippen LogP contribution in [0.4, 0.5) is 16.0 Å². The molecule has 1 amide bonds. The summed E-state index contributed by atoms with van der Waals surface area (Å²) in [5.41, 5.74) is 0. The molecular formula is C18H22FN5O2. The summed E-state index contributed by atoms with van der Waals surface area (Å²) < 4.78 is 18.3. The molecule has 1 saturated heterocycles. The lowest BCUT2D eigenvalue weighted by Gasteiger charge is -2.35. The van der Waals surface area contributed by atoms with Gasteiger partial charge in [-0.2, -0.15) is 0 Å². The zero-order chi connectivity index (χ0) is 18.5. The van der Waals surface area contributed by atoms with E-state index in [-0.39, 0.29) is 18.3 Å². The zero-order valence-corrected chi connectivity index (χ0v) is 14.9. The topological polar surface area (TPSA) is 61.8 Å². The molecule has 2 aromatic rings. The van der Waals surface area contributed by atoms with E-state index in [1.807, 2.05) is 31.1 Å². The first-order valence-electron chi connectivity index (χ1n) is 8.45. The Hall–Kier alpha value is -2.90. The first kappa shape index (κ1) is 17.9. The Labute approximate surface area is 152 Å². The number of carbonyl (C=O) groups excluding carboxylic acids is 1. The maximum atomic E-state index is 12.9. The van der Waals surface area contributed by atoms with Crippen LogP contribution in [0.3, 0.4) is 0 Å². The van der Waals surface area contributed by atoms with E-state index < -0.39 is 0 Å². The minimum atomic E-state index is -0.332. The van der Waals surface area contributed by atoms with Crippen LogP contribution in [0.5, 0.6) is 5.75 Å². The number of hydrogen-bond donors (Lipinski definition) is 0. The third-order valence-electron chi connectivity index (χ3n) is 4.23. The standard InChI is InChI=1S/C18H22FN5O2/c1-22(2)16-7-8-17(21-20-16)23-9-11-24(12-10-23)18(25)13-26-15-5-3-14(19)4-6-15/h3-8H,9-13H2,1-2H3. The molecule has 7 nitrogen and oxygen atoms in total. The third kappa shape index (κ3) is 4.38. The normalized spacial score (nSPS) is 14.3. The second kappa shape index (κ2) is 7.99. The molecule has 0 saturated carbocycles. The van der Waals surface area contributed by atoms with Gasteiger partial charge in [0.25, 0.3) is 5.91 Å². The molecule has 0 spiro atoms. The molecule has 3 rings (SSSR count). The second-order valence-electron chi connectivity index (χ2n) is 6.25. The van der Waals surface area contributed by atoms with Gasteiger partial charge in [-0.25, -0.2) is 4.39 Å². The highest BCUT2D eigenvalue weighted by atomic mass is 19.1. The predicted molar refractivity (Wildman–Crippen MR) is 97.0 cm³/mol. The second-order valence-corrected chi connectivity index (χ2v) is 6.25. The number of hydrogen-bond acceptors (Lipinski definition) is 6. The van der Waals surface area contributed by atoms with E-state index in [9.17, 15) is 9.18 Å². The number of carbonyl (C=O) groups is 1. The van der Waals surface area contributed by atoms with Crippen molar-refractivity contribution in [2.45, 2.75) is 0 Å². The zero-order valence-electron chi connectivity index (χ0n) is 14.9. The van der Waals surface area contributed by atoms with Gasteiger partial charge in [0.1, 0.15) is 11.6 Å². The molecule has 1 aromatic heterocycles. The molecule has 1 aliphatic heterocycles. The van der Waals surface area contributed by atoms with Crippen LogP contribution in [0.15, 0.2) is 36.4 Å². The fourth-order valence-electron chi connectivity index (χ4n) is 2.68. The molecule has 1 fully saturated rings. The number of rotatable bonds is 5. The Morgan fingerprint density at radius 2 is 1.77 bits per heavy atom. The smallest absolute Gasteiger partial charge is 0.260 e. The number of nitrogens with zero attached hydrogens (tertiary/aromatic N) is 5. The van der Waals surface area contributed by atoms with Gasteiger partial charge in [-0.1, -0.05) is 0 Å². The lowest BCUT2D eigenvalue weighted by molar-refractivity contribution is -0.133. The average Bonchev–Trinajstić information content (AvgIpc) is 2.67. The maximum absolute atomic E-state index is 12.9. The highest BCUT2D eigenvalue weighted by molar-refractivity contribution is 5.78. The Kier molecular flexibility index (Phi) is 5.50. The van der Waals surface area contributed by atoms with Crippen LogP contribution in [0, 0.1) is 5.82 Å². The molecular weight excluding hydrogens is 337 g/mol. The van der Waals surface area contributed by atoms with Crippen molar-refractivity contribution in [1.82, 2.24) is 15.1 Å². The summed E-state index contributed by atoms with van der Waals surface area (Å²) in [6.07, 6.45) is 0. The van der Waals surface area contributed by atoms with Crippen LogP contribution in [0.1, 0.15) is 0 Å². The molecule has 138 valence electrons. The predicted octanol–water partition coefficient (Wildman–Crippen LogP) is 1.41. The molecule has 0 unspecified atom stereocenters. The number of halogens is 1. The van der Waals surface area contributed by atoms with Crippen LogP contribution < -0.4 is 14.5 Å². The van der Waals surface area contributed by atoms with Gasteiger partial charge in [0.15, 0.2) is 18.2 Å². The number of anilines is 2.